The lowest BCUT2D eigenvalue weighted by atomic mass is 9.78. The normalized spacial score (nSPS) is 17.4. The summed E-state index contributed by atoms with van der Waals surface area (Å²) in [4.78, 5) is 25.3. The topological polar surface area (TPSA) is 121 Å². The molecule has 2 aromatic rings. The summed E-state index contributed by atoms with van der Waals surface area (Å²) in [5, 5.41) is 0.539. The van der Waals surface area contributed by atoms with Gasteiger partial charge in [0, 0.05) is 36.1 Å². The number of carbonyl (C=O) groups is 1. The molecule has 10 heteroatoms. The van der Waals surface area contributed by atoms with Crippen molar-refractivity contribution in [3.8, 4) is 0 Å². The minimum Gasteiger partial charge on any atom is -0.434 e. The van der Waals surface area contributed by atoms with Crippen molar-refractivity contribution in [3.05, 3.63) is 40.8 Å². The Bertz CT molecular complexity index is 1250. The number of aromatic nitrogens is 1. The first-order chi connectivity index (χ1) is 16.8. The van der Waals surface area contributed by atoms with Crippen LogP contribution < -0.4 is 11.3 Å². The standard InChI is InChI=1S/C26H39N3O6S/c1-6-25(2,3)12-13-26(4,5)17-34-24(31)35-18-28-14-11-20-21(23(28)30)8-7-9-22(20)36(32,33)29-15-10-19(27)16-29/h7-9,11,14,19H,6,10,12-13,15-18,27H2,1-5H3. The van der Waals surface area contributed by atoms with Crippen molar-refractivity contribution in [2.45, 2.75) is 78.0 Å². The zero-order chi connectivity index (χ0) is 26.7. The summed E-state index contributed by atoms with van der Waals surface area (Å²) >= 11 is 0. The molecule has 36 heavy (non-hydrogen) atoms. The summed E-state index contributed by atoms with van der Waals surface area (Å²) < 4.78 is 39.3. The van der Waals surface area contributed by atoms with Crippen LogP contribution >= 0.6 is 0 Å². The van der Waals surface area contributed by atoms with Gasteiger partial charge in [0.25, 0.3) is 5.56 Å². The van der Waals surface area contributed by atoms with E-state index in [9.17, 15) is 18.0 Å². The number of hydrogen-bond donors (Lipinski definition) is 1. The second-order valence-electron chi connectivity index (χ2n) is 11.2. The lowest BCUT2D eigenvalue weighted by Crippen LogP contribution is -2.32. The number of pyridine rings is 1. The molecule has 0 saturated carbocycles. The van der Waals surface area contributed by atoms with E-state index < -0.39 is 21.7 Å². The highest BCUT2D eigenvalue weighted by Gasteiger charge is 2.32. The smallest absolute Gasteiger partial charge is 0.434 e. The third-order valence-electron chi connectivity index (χ3n) is 7.12. The molecule has 3 rings (SSSR count). The first-order valence-electron chi connectivity index (χ1n) is 12.4. The highest BCUT2D eigenvalue weighted by molar-refractivity contribution is 7.89. The van der Waals surface area contributed by atoms with E-state index in [-0.39, 0.29) is 47.0 Å². The van der Waals surface area contributed by atoms with Gasteiger partial charge in [-0.25, -0.2) is 13.2 Å². The molecule has 0 spiro atoms. The van der Waals surface area contributed by atoms with Gasteiger partial charge in [0.2, 0.25) is 10.0 Å². The van der Waals surface area contributed by atoms with Gasteiger partial charge in [0.15, 0.2) is 6.73 Å². The predicted molar refractivity (Wildman–Crippen MR) is 139 cm³/mol. The van der Waals surface area contributed by atoms with Gasteiger partial charge >= 0.3 is 6.16 Å². The van der Waals surface area contributed by atoms with Crippen molar-refractivity contribution in [2.24, 2.45) is 16.6 Å². The van der Waals surface area contributed by atoms with E-state index in [0.717, 1.165) is 19.3 Å². The van der Waals surface area contributed by atoms with E-state index in [1.165, 1.54) is 27.2 Å². The quantitative estimate of drug-likeness (QED) is 0.468. The van der Waals surface area contributed by atoms with Crippen LogP contribution in [0.25, 0.3) is 10.8 Å². The molecule has 1 aliphatic rings. The summed E-state index contributed by atoms with van der Waals surface area (Å²) in [6.07, 6.45) is 4.16. The van der Waals surface area contributed by atoms with Crippen LogP contribution in [0.15, 0.2) is 40.2 Å². The maximum absolute atomic E-state index is 13.2. The fraction of sp³-hybridized carbons (Fsp3) is 0.615. The van der Waals surface area contributed by atoms with Crippen LogP contribution in [0.2, 0.25) is 0 Å². The van der Waals surface area contributed by atoms with Gasteiger partial charge in [0.1, 0.15) is 6.61 Å². The molecule has 1 aromatic carbocycles. The molecule has 0 aliphatic carbocycles. The molecule has 2 heterocycles. The van der Waals surface area contributed by atoms with Crippen LogP contribution in [0.3, 0.4) is 0 Å². The van der Waals surface area contributed by atoms with Crippen molar-refractivity contribution in [2.75, 3.05) is 19.7 Å². The van der Waals surface area contributed by atoms with Gasteiger partial charge in [-0.1, -0.05) is 47.1 Å². The molecular formula is C26H39N3O6S. The SMILES string of the molecule is CCC(C)(C)CCC(C)(C)COC(=O)OCn1ccc2c(S(=O)(=O)N3CCC(N)C3)cccc2c1=O. The van der Waals surface area contributed by atoms with E-state index in [1.54, 1.807) is 12.1 Å². The molecule has 2 N–H and O–H groups in total. The molecule has 1 unspecified atom stereocenters. The zero-order valence-electron chi connectivity index (χ0n) is 22.0. The second-order valence-corrected chi connectivity index (χ2v) is 13.1. The lowest BCUT2D eigenvalue weighted by Gasteiger charge is -2.30. The monoisotopic (exact) mass is 521 g/mol. The maximum Gasteiger partial charge on any atom is 0.510 e. The number of nitrogens with two attached hydrogens (primary N) is 1. The molecule has 1 saturated heterocycles. The molecular weight excluding hydrogens is 482 g/mol. The van der Waals surface area contributed by atoms with Gasteiger partial charge in [-0.2, -0.15) is 4.31 Å². The second kappa shape index (κ2) is 10.9. The highest BCUT2D eigenvalue weighted by atomic mass is 32.2. The van der Waals surface area contributed by atoms with Gasteiger partial charge in [-0.3, -0.25) is 9.36 Å². The number of sulfonamides is 1. The Hall–Kier alpha value is -2.43. The summed E-state index contributed by atoms with van der Waals surface area (Å²) in [7, 11) is -3.79. The van der Waals surface area contributed by atoms with Crippen molar-refractivity contribution in [3.63, 3.8) is 0 Å². The number of carbonyl (C=O) groups excluding carboxylic acids is 1. The number of rotatable bonds is 10. The lowest BCUT2D eigenvalue weighted by molar-refractivity contribution is 0.00850. The number of nitrogens with zero attached hydrogens (tertiary/aromatic N) is 2. The van der Waals surface area contributed by atoms with Crippen molar-refractivity contribution < 1.29 is 22.7 Å². The van der Waals surface area contributed by atoms with Crippen molar-refractivity contribution >= 4 is 27.0 Å². The number of fused-ring (bicyclic) bond motifs is 1. The van der Waals surface area contributed by atoms with Crippen LogP contribution in [0.4, 0.5) is 4.79 Å². The number of ether oxygens (including phenoxy) is 2. The molecule has 1 fully saturated rings. The van der Waals surface area contributed by atoms with Crippen molar-refractivity contribution in [1.29, 1.82) is 0 Å². The van der Waals surface area contributed by atoms with Crippen LogP contribution in [-0.4, -0.2) is 49.2 Å². The van der Waals surface area contributed by atoms with E-state index in [0.29, 0.717) is 18.4 Å². The largest absolute Gasteiger partial charge is 0.510 e. The Morgan fingerprint density at radius 3 is 2.42 bits per heavy atom. The minimum absolute atomic E-state index is 0.0622. The average molecular weight is 522 g/mol. The Morgan fingerprint density at radius 1 is 1.08 bits per heavy atom. The summed E-state index contributed by atoms with van der Waals surface area (Å²) in [6, 6.07) is 5.93. The first kappa shape index (κ1) is 28.1. The van der Waals surface area contributed by atoms with Gasteiger partial charge in [-0.05, 0) is 48.3 Å². The fourth-order valence-corrected chi connectivity index (χ4v) is 5.79. The fourth-order valence-electron chi connectivity index (χ4n) is 4.07. The molecule has 0 radical (unpaired) electrons. The summed E-state index contributed by atoms with van der Waals surface area (Å²) in [5.41, 5.74) is 5.46. The summed E-state index contributed by atoms with van der Waals surface area (Å²) in [6.45, 7) is 11.2. The number of benzene rings is 1. The Kier molecular flexibility index (Phi) is 8.52. The zero-order valence-corrected chi connectivity index (χ0v) is 22.8. The van der Waals surface area contributed by atoms with Crippen LogP contribution in [0.5, 0.6) is 0 Å². The molecule has 1 aliphatic heterocycles. The van der Waals surface area contributed by atoms with E-state index in [2.05, 4.69) is 20.8 Å². The molecule has 200 valence electrons. The number of hydrogen-bond acceptors (Lipinski definition) is 7. The molecule has 1 aromatic heterocycles. The Morgan fingerprint density at radius 2 is 1.78 bits per heavy atom. The van der Waals surface area contributed by atoms with Crippen LogP contribution in [0.1, 0.15) is 60.3 Å². The van der Waals surface area contributed by atoms with Gasteiger partial charge in [0.05, 0.1) is 4.90 Å². The van der Waals surface area contributed by atoms with Crippen LogP contribution in [-0.2, 0) is 26.2 Å². The average Bonchev–Trinajstić information content (AvgIpc) is 3.28. The third kappa shape index (κ3) is 6.66. The Balaban J connectivity index is 1.66. The molecule has 0 amide bonds. The van der Waals surface area contributed by atoms with Crippen LogP contribution in [0, 0.1) is 10.8 Å². The van der Waals surface area contributed by atoms with Gasteiger partial charge < -0.3 is 15.2 Å². The first-order valence-corrected chi connectivity index (χ1v) is 13.9. The highest BCUT2D eigenvalue weighted by Crippen LogP contribution is 2.33. The van der Waals surface area contributed by atoms with E-state index in [4.69, 9.17) is 15.2 Å². The molecule has 1 atom stereocenters. The van der Waals surface area contributed by atoms with Crippen molar-refractivity contribution in [1.82, 2.24) is 8.87 Å². The van der Waals surface area contributed by atoms with E-state index >= 15 is 0 Å². The Labute approximate surface area is 213 Å². The summed E-state index contributed by atoms with van der Waals surface area (Å²) in [5.74, 6) is 0. The maximum atomic E-state index is 13.2. The minimum atomic E-state index is -3.79. The molecule has 9 nitrogen and oxygen atoms in total. The van der Waals surface area contributed by atoms with E-state index in [1.807, 2.05) is 13.8 Å². The molecule has 0 bridgehead atoms. The predicted octanol–water partition coefficient (Wildman–Crippen LogP) is 4.08. The van der Waals surface area contributed by atoms with Gasteiger partial charge in [-0.15, -0.1) is 0 Å². The third-order valence-corrected chi connectivity index (χ3v) is 9.04.